The van der Waals surface area contributed by atoms with Crippen LogP contribution < -0.4 is 5.32 Å². The monoisotopic (exact) mass is 269 g/mol. The maximum absolute atomic E-state index is 3.46. The van der Waals surface area contributed by atoms with Gasteiger partial charge in [-0.2, -0.15) is 11.8 Å². The van der Waals surface area contributed by atoms with Crippen LogP contribution in [0.3, 0.4) is 0 Å². The number of hydrogen-bond donors (Lipinski definition) is 1. The fourth-order valence-corrected chi connectivity index (χ4v) is 4.98. The Hall–Kier alpha value is 0.01000. The molecule has 1 nitrogen and oxygen atoms in total. The highest BCUT2D eigenvalue weighted by molar-refractivity contribution is 7.99. The maximum Gasteiger partial charge on any atom is 0.0504 e. The van der Waals surface area contributed by atoms with Crippen molar-refractivity contribution in [1.82, 2.24) is 5.32 Å². The van der Waals surface area contributed by atoms with E-state index in [1.54, 1.807) is 0 Å². The van der Waals surface area contributed by atoms with Crippen molar-refractivity contribution in [3.05, 3.63) is 21.9 Å². The van der Waals surface area contributed by atoms with Crippen molar-refractivity contribution in [3.8, 4) is 0 Å². The minimum atomic E-state index is 0.542. The topological polar surface area (TPSA) is 12.0 Å². The van der Waals surface area contributed by atoms with E-state index >= 15 is 0 Å². The molecule has 1 saturated carbocycles. The molecule has 0 aromatic carbocycles. The Kier molecular flexibility index (Phi) is 5.39. The summed E-state index contributed by atoms with van der Waals surface area (Å²) in [4.78, 5) is 2.91. The molecule has 1 atom stereocenters. The van der Waals surface area contributed by atoms with Crippen LogP contribution >= 0.6 is 23.1 Å². The molecule has 0 bridgehead atoms. The van der Waals surface area contributed by atoms with Gasteiger partial charge in [0.25, 0.3) is 0 Å². The van der Waals surface area contributed by atoms with Crippen LogP contribution in [-0.4, -0.2) is 18.1 Å². The van der Waals surface area contributed by atoms with Gasteiger partial charge in [-0.25, -0.2) is 0 Å². The van der Waals surface area contributed by atoms with Gasteiger partial charge in [0, 0.05) is 20.8 Å². The average molecular weight is 269 g/mol. The lowest BCUT2D eigenvalue weighted by molar-refractivity contribution is 0.515. The summed E-state index contributed by atoms with van der Waals surface area (Å²) in [7, 11) is 2.08. The van der Waals surface area contributed by atoms with Crippen molar-refractivity contribution >= 4 is 23.1 Å². The van der Waals surface area contributed by atoms with Crippen LogP contribution in [-0.2, 0) is 0 Å². The van der Waals surface area contributed by atoms with Gasteiger partial charge in [0.1, 0.15) is 0 Å². The third-order valence-corrected chi connectivity index (χ3v) is 6.09. The lowest BCUT2D eigenvalue weighted by Crippen LogP contribution is -2.20. The molecular weight excluding hydrogens is 246 g/mol. The molecule has 0 aliphatic heterocycles. The van der Waals surface area contributed by atoms with Crippen LogP contribution in [0, 0.1) is 6.92 Å². The summed E-state index contributed by atoms with van der Waals surface area (Å²) in [5.41, 5.74) is 0. The molecule has 1 aromatic heterocycles. The average Bonchev–Trinajstić information content (AvgIpc) is 2.78. The summed E-state index contributed by atoms with van der Waals surface area (Å²) in [6.07, 6.45) is 7.21. The molecule has 2 rings (SSSR count). The van der Waals surface area contributed by atoms with Gasteiger partial charge in [-0.05, 0) is 38.9 Å². The highest BCUT2D eigenvalue weighted by Gasteiger charge is 2.17. The third-order valence-electron chi connectivity index (χ3n) is 3.50. The zero-order chi connectivity index (χ0) is 12.1. The van der Waals surface area contributed by atoms with E-state index in [0.29, 0.717) is 6.04 Å². The van der Waals surface area contributed by atoms with Gasteiger partial charge in [-0.3, -0.25) is 0 Å². The van der Waals surface area contributed by atoms with Gasteiger partial charge < -0.3 is 5.32 Å². The molecule has 1 aliphatic carbocycles. The quantitative estimate of drug-likeness (QED) is 0.851. The molecule has 0 radical (unpaired) electrons. The molecule has 1 heterocycles. The Morgan fingerprint density at radius 3 is 2.71 bits per heavy atom. The first-order chi connectivity index (χ1) is 8.29. The first-order valence-electron chi connectivity index (χ1n) is 6.65. The molecule has 17 heavy (non-hydrogen) atoms. The van der Waals surface area contributed by atoms with Crippen LogP contribution in [0.5, 0.6) is 0 Å². The van der Waals surface area contributed by atoms with E-state index in [0.717, 1.165) is 5.25 Å². The Morgan fingerprint density at radius 2 is 2.12 bits per heavy atom. The van der Waals surface area contributed by atoms with Crippen molar-refractivity contribution in [2.45, 2.75) is 50.3 Å². The molecule has 1 unspecified atom stereocenters. The van der Waals surface area contributed by atoms with E-state index < -0.39 is 0 Å². The Balaban J connectivity index is 1.82. The smallest absolute Gasteiger partial charge is 0.0504 e. The van der Waals surface area contributed by atoms with Crippen LogP contribution in [0.25, 0.3) is 0 Å². The SMILES string of the molecule is CNC(CSC1CCCCC1)c1ccc(C)s1. The fraction of sp³-hybridized carbons (Fsp3) is 0.714. The lowest BCUT2D eigenvalue weighted by atomic mass is 10.0. The second kappa shape index (κ2) is 6.81. The molecule has 0 spiro atoms. The summed E-state index contributed by atoms with van der Waals surface area (Å²) in [5, 5.41) is 4.38. The number of aryl methyl sites for hydroxylation is 1. The third kappa shape index (κ3) is 4.01. The van der Waals surface area contributed by atoms with Gasteiger partial charge in [0.2, 0.25) is 0 Å². The van der Waals surface area contributed by atoms with Gasteiger partial charge in [-0.1, -0.05) is 19.3 Å². The van der Waals surface area contributed by atoms with E-state index in [-0.39, 0.29) is 0 Å². The zero-order valence-corrected chi connectivity index (χ0v) is 12.5. The van der Waals surface area contributed by atoms with Crippen LogP contribution in [0.4, 0.5) is 0 Å². The Morgan fingerprint density at radius 1 is 1.35 bits per heavy atom. The second-order valence-electron chi connectivity index (χ2n) is 4.88. The second-order valence-corrected chi connectivity index (χ2v) is 7.54. The molecule has 0 saturated heterocycles. The van der Waals surface area contributed by atoms with Gasteiger partial charge in [-0.15, -0.1) is 11.3 Å². The molecule has 1 aromatic rings. The zero-order valence-electron chi connectivity index (χ0n) is 10.9. The van der Waals surface area contributed by atoms with E-state index in [9.17, 15) is 0 Å². The summed E-state index contributed by atoms with van der Waals surface area (Å²) >= 11 is 4.11. The number of thiophene rings is 1. The van der Waals surface area contributed by atoms with Gasteiger partial charge >= 0.3 is 0 Å². The van der Waals surface area contributed by atoms with E-state index in [4.69, 9.17) is 0 Å². The lowest BCUT2D eigenvalue weighted by Gasteiger charge is -2.23. The molecule has 3 heteroatoms. The summed E-state index contributed by atoms with van der Waals surface area (Å²) in [5.74, 6) is 1.22. The highest BCUT2D eigenvalue weighted by Crippen LogP contribution is 2.32. The summed E-state index contributed by atoms with van der Waals surface area (Å²) in [6, 6.07) is 5.05. The number of thioether (sulfide) groups is 1. The van der Waals surface area contributed by atoms with E-state index in [1.165, 1.54) is 47.6 Å². The van der Waals surface area contributed by atoms with Crippen molar-refractivity contribution in [2.75, 3.05) is 12.8 Å². The molecule has 0 amide bonds. The van der Waals surface area contributed by atoms with Gasteiger partial charge in [0.05, 0.1) is 6.04 Å². The molecular formula is C14H23NS2. The highest BCUT2D eigenvalue weighted by atomic mass is 32.2. The first-order valence-corrected chi connectivity index (χ1v) is 8.51. The molecule has 1 fully saturated rings. The standard InChI is InChI=1S/C14H23NS2/c1-11-8-9-14(17-11)13(15-2)10-16-12-6-4-3-5-7-12/h8-9,12-13,15H,3-7,10H2,1-2H3. The largest absolute Gasteiger partial charge is 0.312 e. The number of rotatable bonds is 5. The maximum atomic E-state index is 3.46. The predicted octanol–water partition coefficient (Wildman–Crippen LogP) is 4.38. The number of nitrogens with one attached hydrogen (secondary N) is 1. The van der Waals surface area contributed by atoms with Gasteiger partial charge in [0.15, 0.2) is 0 Å². The van der Waals surface area contributed by atoms with Crippen molar-refractivity contribution in [3.63, 3.8) is 0 Å². The van der Waals surface area contributed by atoms with Crippen LogP contribution in [0.2, 0.25) is 0 Å². The molecule has 1 aliphatic rings. The van der Waals surface area contributed by atoms with Crippen LogP contribution in [0.1, 0.15) is 47.9 Å². The molecule has 1 N–H and O–H groups in total. The Labute approximate surface area is 113 Å². The fourth-order valence-electron chi connectivity index (χ4n) is 2.41. The van der Waals surface area contributed by atoms with E-state index in [1.807, 2.05) is 11.3 Å². The number of hydrogen-bond acceptors (Lipinski definition) is 3. The predicted molar refractivity (Wildman–Crippen MR) is 80.2 cm³/mol. The van der Waals surface area contributed by atoms with E-state index in [2.05, 4.69) is 43.2 Å². The normalized spacial score (nSPS) is 19.4. The first kappa shape index (κ1) is 13.4. The van der Waals surface area contributed by atoms with Crippen molar-refractivity contribution in [1.29, 1.82) is 0 Å². The molecule has 96 valence electrons. The minimum Gasteiger partial charge on any atom is -0.312 e. The van der Waals surface area contributed by atoms with Crippen LogP contribution in [0.15, 0.2) is 12.1 Å². The van der Waals surface area contributed by atoms with Crippen molar-refractivity contribution in [2.24, 2.45) is 0 Å². The summed E-state index contributed by atoms with van der Waals surface area (Å²) in [6.45, 7) is 2.19. The van der Waals surface area contributed by atoms with Crippen molar-refractivity contribution < 1.29 is 0 Å². The summed E-state index contributed by atoms with van der Waals surface area (Å²) < 4.78 is 0. The minimum absolute atomic E-state index is 0.542. The Bertz CT molecular complexity index is 329.